The van der Waals surface area contributed by atoms with Crippen molar-refractivity contribution in [3.05, 3.63) is 36.0 Å². The predicted octanol–water partition coefficient (Wildman–Crippen LogP) is 1.75. The molecule has 0 atom stereocenters. The molecule has 0 spiro atoms. The van der Waals surface area contributed by atoms with E-state index in [-0.39, 0.29) is 6.42 Å². The van der Waals surface area contributed by atoms with Crippen molar-refractivity contribution in [2.45, 2.75) is 6.42 Å². The molecule has 0 bridgehead atoms. The first kappa shape index (κ1) is 7.86. The van der Waals surface area contributed by atoms with Crippen LogP contribution in [0.1, 0.15) is 12.0 Å². The summed E-state index contributed by atoms with van der Waals surface area (Å²) in [6, 6.07) is 7.54. The molecule has 0 aromatic heterocycles. The fourth-order valence-electron chi connectivity index (χ4n) is 1.38. The Morgan fingerprint density at radius 1 is 1.38 bits per heavy atom. The highest BCUT2D eigenvalue weighted by Crippen LogP contribution is 2.31. The van der Waals surface area contributed by atoms with Crippen molar-refractivity contribution in [2.75, 3.05) is 0 Å². The lowest BCUT2D eigenvalue weighted by molar-refractivity contribution is -0.135. The van der Waals surface area contributed by atoms with Gasteiger partial charge in [0.2, 0.25) is 0 Å². The zero-order valence-electron chi connectivity index (χ0n) is 6.90. The van der Waals surface area contributed by atoms with Crippen LogP contribution in [0.3, 0.4) is 0 Å². The van der Waals surface area contributed by atoms with E-state index in [1.165, 1.54) is 0 Å². The third-order valence-electron chi connectivity index (χ3n) is 1.95. The maximum absolute atomic E-state index is 10.5. The van der Waals surface area contributed by atoms with Crippen molar-refractivity contribution in [3.63, 3.8) is 0 Å². The summed E-state index contributed by atoms with van der Waals surface area (Å²) in [5.41, 5.74) is 2.58. The number of rotatable bonds is 2. The van der Waals surface area contributed by atoms with Crippen LogP contribution in [-0.2, 0) is 4.79 Å². The zero-order valence-corrected chi connectivity index (χ0v) is 6.90. The first-order valence-electron chi connectivity index (χ1n) is 3.98. The van der Waals surface area contributed by atoms with Gasteiger partial charge in [0.1, 0.15) is 0 Å². The molecule has 3 heteroatoms. The fraction of sp³-hybridized carbons (Fsp3) is 0.100. The Morgan fingerprint density at radius 3 is 2.92 bits per heavy atom. The van der Waals surface area contributed by atoms with Crippen molar-refractivity contribution in [1.29, 1.82) is 0 Å². The normalized spacial score (nSPS) is 13.1. The molecular weight excluding hydrogens is 166 g/mol. The third kappa shape index (κ3) is 1.40. The van der Waals surface area contributed by atoms with Crippen LogP contribution in [0.15, 0.2) is 30.5 Å². The highest BCUT2D eigenvalue weighted by Gasteiger charge is 2.16. The Morgan fingerprint density at radius 2 is 2.15 bits per heavy atom. The lowest BCUT2D eigenvalue weighted by Gasteiger charge is -1.99. The quantitative estimate of drug-likeness (QED) is 0.742. The molecular formula is C10H8NO2. The average Bonchev–Trinajstić information content (AvgIpc) is 2.48. The summed E-state index contributed by atoms with van der Waals surface area (Å²) in [7, 11) is 0. The number of carbonyl (C=O) groups is 1. The van der Waals surface area contributed by atoms with Gasteiger partial charge in [-0.05, 0) is 11.6 Å². The molecule has 65 valence electrons. The molecule has 1 aromatic rings. The minimum absolute atomic E-state index is 0.0422. The largest absolute Gasteiger partial charge is 0.481 e. The molecule has 0 amide bonds. The van der Waals surface area contributed by atoms with E-state index in [0.717, 1.165) is 16.8 Å². The lowest BCUT2D eigenvalue weighted by Crippen LogP contribution is -1.95. The van der Waals surface area contributed by atoms with Crippen molar-refractivity contribution < 1.29 is 9.90 Å². The number of carboxylic acids is 1. The van der Waals surface area contributed by atoms with E-state index >= 15 is 0 Å². The van der Waals surface area contributed by atoms with E-state index in [1.54, 1.807) is 6.20 Å². The van der Waals surface area contributed by atoms with Gasteiger partial charge < -0.3 is 5.11 Å². The average molecular weight is 174 g/mol. The van der Waals surface area contributed by atoms with Gasteiger partial charge in [-0.15, -0.1) is 0 Å². The second-order valence-electron chi connectivity index (χ2n) is 2.87. The summed E-state index contributed by atoms with van der Waals surface area (Å²) >= 11 is 0. The van der Waals surface area contributed by atoms with Gasteiger partial charge in [-0.1, -0.05) is 18.2 Å². The summed E-state index contributed by atoms with van der Waals surface area (Å²) in [5, 5.41) is 12.7. The van der Waals surface area contributed by atoms with Crippen LogP contribution >= 0.6 is 0 Å². The van der Waals surface area contributed by atoms with Crippen molar-refractivity contribution in [1.82, 2.24) is 5.32 Å². The van der Waals surface area contributed by atoms with Gasteiger partial charge >= 0.3 is 5.97 Å². The number of hydrogen-bond acceptors (Lipinski definition) is 1. The van der Waals surface area contributed by atoms with Crippen LogP contribution in [0.4, 0.5) is 5.69 Å². The second-order valence-corrected chi connectivity index (χ2v) is 2.87. The molecule has 0 saturated carbocycles. The molecule has 1 radical (unpaired) electrons. The number of benzene rings is 1. The topological polar surface area (TPSA) is 51.4 Å². The SMILES string of the molecule is O=C(O)CC1=C[N]c2ccccc21. The molecule has 1 N–H and O–H groups in total. The van der Waals surface area contributed by atoms with E-state index in [2.05, 4.69) is 5.32 Å². The third-order valence-corrected chi connectivity index (χ3v) is 1.95. The molecule has 0 saturated heterocycles. The van der Waals surface area contributed by atoms with E-state index in [4.69, 9.17) is 5.11 Å². The van der Waals surface area contributed by atoms with Crippen LogP contribution in [0.5, 0.6) is 0 Å². The van der Waals surface area contributed by atoms with Gasteiger partial charge in [0.15, 0.2) is 0 Å². The Bertz CT molecular complexity index is 382. The van der Waals surface area contributed by atoms with E-state index < -0.39 is 5.97 Å². The van der Waals surface area contributed by atoms with Gasteiger partial charge in [0.25, 0.3) is 0 Å². The minimum atomic E-state index is -0.821. The van der Waals surface area contributed by atoms with Gasteiger partial charge in [-0.3, -0.25) is 10.1 Å². The molecule has 2 rings (SSSR count). The van der Waals surface area contributed by atoms with Crippen molar-refractivity contribution in [3.8, 4) is 0 Å². The van der Waals surface area contributed by atoms with Crippen molar-refractivity contribution >= 4 is 17.2 Å². The Labute approximate surface area is 75.7 Å². The number of fused-ring (bicyclic) bond motifs is 1. The number of hydrogen-bond donors (Lipinski definition) is 1. The van der Waals surface area contributed by atoms with Crippen LogP contribution in [0, 0.1) is 0 Å². The van der Waals surface area contributed by atoms with E-state index in [0.29, 0.717) is 0 Å². The molecule has 0 unspecified atom stereocenters. The van der Waals surface area contributed by atoms with Gasteiger partial charge in [0, 0.05) is 11.8 Å². The summed E-state index contributed by atoms with van der Waals surface area (Å²) in [4.78, 5) is 10.5. The van der Waals surface area contributed by atoms with E-state index in [1.807, 2.05) is 24.3 Å². The first-order valence-corrected chi connectivity index (χ1v) is 3.98. The molecule has 1 heterocycles. The molecule has 1 aliphatic heterocycles. The molecule has 1 aliphatic rings. The van der Waals surface area contributed by atoms with Crippen molar-refractivity contribution in [2.24, 2.45) is 0 Å². The second kappa shape index (κ2) is 2.94. The minimum Gasteiger partial charge on any atom is -0.481 e. The molecule has 0 aliphatic carbocycles. The van der Waals surface area contributed by atoms with Crippen LogP contribution in [0.2, 0.25) is 0 Å². The number of aliphatic carboxylic acids is 1. The van der Waals surface area contributed by atoms with Crippen LogP contribution < -0.4 is 5.32 Å². The Hall–Kier alpha value is -1.77. The van der Waals surface area contributed by atoms with Gasteiger partial charge in [-0.2, -0.15) is 0 Å². The number of para-hydroxylation sites is 1. The van der Waals surface area contributed by atoms with Gasteiger partial charge in [0.05, 0.1) is 12.1 Å². The number of carboxylic acid groups (broad SMARTS) is 1. The van der Waals surface area contributed by atoms with Gasteiger partial charge in [-0.25, -0.2) is 0 Å². The lowest BCUT2D eigenvalue weighted by atomic mass is 10.1. The summed E-state index contributed by atoms with van der Waals surface area (Å²) in [5.74, 6) is -0.821. The van der Waals surface area contributed by atoms with Crippen LogP contribution in [-0.4, -0.2) is 11.1 Å². The molecule has 3 nitrogen and oxygen atoms in total. The van der Waals surface area contributed by atoms with Crippen LogP contribution in [0.25, 0.3) is 5.57 Å². The molecule has 0 fully saturated rings. The maximum Gasteiger partial charge on any atom is 0.307 e. The highest BCUT2D eigenvalue weighted by molar-refractivity contribution is 5.89. The summed E-state index contributed by atoms with van der Waals surface area (Å²) in [6.07, 6.45) is 1.67. The molecule has 13 heavy (non-hydrogen) atoms. The molecule has 1 aromatic carbocycles. The first-order chi connectivity index (χ1) is 6.27. The standard InChI is InChI=1S/C10H8NO2/c12-10(13)5-7-6-11-9-4-2-1-3-8(7)9/h1-4,6H,5H2,(H,12,13). The highest BCUT2D eigenvalue weighted by atomic mass is 16.4. The zero-order chi connectivity index (χ0) is 9.26. The summed E-state index contributed by atoms with van der Waals surface area (Å²) < 4.78 is 0. The summed E-state index contributed by atoms with van der Waals surface area (Å²) in [6.45, 7) is 0. The Kier molecular flexibility index (Phi) is 1.77. The van der Waals surface area contributed by atoms with E-state index in [9.17, 15) is 4.79 Å². The fourth-order valence-corrected chi connectivity index (χ4v) is 1.38. The Balaban J connectivity index is 2.31. The predicted molar refractivity (Wildman–Crippen MR) is 48.5 cm³/mol. The monoisotopic (exact) mass is 174 g/mol. The maximum atomic E-state index is 10.5. The number of nitrogens with zero attached hydrogens (tertiary/aromatic N) is 1. The smallest absolute Gasteiger partial charge is 0.307 e.